The molecule has 0 atom stereocenters. The monoisotopic (exact) mass is 778 g/mol. The summed E-state index contributed by atoms with van der Waals surface area (Å²) in [6, 6.07) is 52.3. The summed E-state index contributed by atoms with van der Waals surface area (Å²) in [5, 5.41) is 0. The maximum atomic E-state index is 5.94. The highest BCUT2D eigenvalue weighted by molar-refractivity contribution is 5.39. The van der Waals surface area contributed by atoms with E-state index in [4.69, 9.17) is 17.2 Å². The van der Waals surface area contributed by atoms with Crippen molar-refractivity contribution in [1.29, 1.82) is 0 Å². The summed E-state index contributed by atoms with van der Waals surface area (Å²) in [6.45, 7) is 22.9. The number of benzene rings is 6. The fourth-order valence-corrected chi connectivity index (χ4v) is 7.33. The molecule has 6 rings (SSSR count). The van der Waals surface area contributed by atoms with Gasteiger partial charge in [-0.15, -0.1) is 0 Å². The Morgan fingerprint density at radius 2 is 0.569 bits per heavy atom. The van der Waals surface area contributed by atoms with E-state index in [-0.39, 0.29) is 0 Å². The molecular formula is C55H75N3. The zero-order chi connectivity index (χ0) is 42.9. The zero-order valence-corrected chi connectivity index (χ0v) is 37.6. The first kappa shape index (κ1) is 49.3. The molecule has 0 fully saturated rings. The molecule has 0 radical (unpaired) electrons. The largest absolute Gasteiger partial charge is 0.330 e. The highest BCUT2D eigenvalue weighted by Crippen LogP contribution is 2.31. The van der Waals surface area contributed by atoms with Crippen molar-refractivity contribution < 1.29 is 0 Å². The van der Waals surface area contributed by atoms with E-state index in [9.17, 15) is 0 Å². The van der Waals surface area contributed by atoms with Gasteiger partial charge in [0.2, 0.25) is 0 Å². The van der Waals surface area contributed by atoms with Crippen LogP contribution >= 0.6 is 0 Å². The number of hydrogen-bond acceptors (Lipinski definition) is 3. The lowest BCUT2D eigenvalue weighted by Crippen LogP contribution is -2.14. The van der Waals surface area contributed by atoms with Gasteiger partial charge in [-0.05, 0) is 107 Å². The topological polar surface area (TPSA) is 78.1 Å². The number of nitrogens with two attached hydrogens (primary N) is 3. The molecule has 0 saturated heterocycles. The van der Waals surface area contributed by atoms with Crippen LogP contribution in [0.15, 0.2) is 146 Å². The van der Waals surface area contributed by atoms with E-state index < -0.39 is 0 Å². The second-order valence-electron chi connectivity index (χ2n) is 14.9. The Morgan fingerprint density at radius 1 is 0.328 bits per heavy atom. The van der Waals surface area contributed by atoms with Crippen LogP contribution < -0.4 is 17.2 Å². The molecule has 0 unspecified atom stereocenters. The molecule has 0 aromatic heterocycles. The quantitative estimate of drug-likeness (QED) is 0.116. The standard InChI is InChI=1S/C18H23N.C17H21N.C16H19N.2C2H6/c1-14-6-3-8-16(12-14)18(10-5-11-19)17-9-4-7-15(2)13-17;1-13-5-3-7-15(11-13)17(9-10-18)16-8-4-6-14(2)12-16;1-12-5-3-7-14(9-12)16(11-17)15-8-4-6-13(2)10-15;2*1-2/h3-4,6-9,12-13,18H,5,10-11,19H2,1-2H3;3-8,11-12,17H,9-10,18H2,1-2H3;3-10,16H,11,17H2,1-2H3;2*1-2H3. The van der Waals surface area contributed by atoms with Crippen molar-refractivity contribution in [2.45, 2.75) is 106 Å². The summed E-state index contributed by atoms with van der Waals surface area (Å²) >= 11 is 0. The first-order chi connectivity index (χ1) is 28.1. The second-order valence-corrected chi connectivity index (χ2v) is 14.9. The van der Waals surface area contributed by atoms with Crippen LogP contribution in [0.25, 0.3) is 0 Å². The Kier molecular flexibility index (Phi) is 23.6. The fourth-order valence-electron chi connectivity index (χ4n) is 7.33. The van der Waals surface area contributed by atoms with Crippen LogP contribution in [0.4, 0.5) is 0 Å². The van der Waals surface area contributed by atoms with Crippen molar-refractivity contribution in [1.82, 2.24) is 0 Å². The van der Waals surface area contributed by atoms with Gasteiger partial charge in [0, 0.05) is 24.3 Å². The van der Waals surface area contributed by atoms with Gasteiger partial charge in [-0.3, -0.25) is 0 Å². The molecular weight excluding hydrogens is 703 g/mol. The van der Waals surface area contributed by atoms with Crippen LogP contribution in [0.3, 0.4) is 0 Å². The number of hydrogen-bond donors (Lipinski definition) is 3. The summed E-state index contributed by atoms with van der Waals surface area (Å²) in [5.41, 5.74) is 33.4. The zero-order valence-electron chi connectivity index (χ0n) is 37.6. The highest BCUT2D eigenvalue weighted by atomic mass is 14.5. The lowest BCUT2D eigenvalue weighted by atomic mass is 9.86. The third kappa shape index (κ3) is 16.6. The van der Waals surface area contributed by atoms with Gasteiger partial charge in [-0.1, -0.05) is 207 Å². The van der Waals surface area contributed by atoms with Gasteiger partial charge in [0.05, 0.1) is 0 Å². The predicted octanol–water partition coefficient (Wildman–Crippen LogP) is 13.4. The molecule has 0 saturated carbocycles. The maximum Gasteiger partial charge on any atom is 0.0212 e. The summed E-state index contributed by atoms with van der Waals surface area (Å²) in [4.78, 5) is 0. The van der Waals surface area contributed by atoms with Crippen LogP contribution in [0.2, 0.25) is 0 Å². The van der Waals surface area contributed by atoms with E-state index in [1.165, 1.54) is 66.8 Å². The molecule has 6 N–H and O–H groups in total. The van der Waals surface area contributed by atoms with E-state index in [0.29, 0.717) is 30.8 Å². The molecule has 3 nitrogen and oxygen atoms in total. The molecule has 3 heteroatoms. The minimum atomic E-state index is 0.301. The Morgan fingerprint density at radius 3 is 0.776 bits per heavy atom. The van der Waals surface area contributed by atoms with Gasteiger partial charge in [0.25, 0.3) is 0 Å². The smallest absolute Gasteiger partial charge is 0.0212 e. The Balaban J connectivity index is 0.000000288. The van der Waals surface area contributed by atoms with Crippen molar-refractivity contribution in [3.63, 3.8) is 0 Å². The van der Waals surface area contributed by atoms with Gasteiger partial charge in [0.15, 0.2) is 0 Å². The molecule has 6 aromatic carbocycles. The molecule has 310 valence electrons. The van der Waals surface area contributed by atoms with Gasteiger partial charge < -0.3 is 17.2 Å². The van der Waals surface area contributed by atoms with E-state index >= 15 is 0 Å². The van der Waals surface area contributed by atoms with E-state index in [1.807, 2.05) is 27.7 Å². The third-order valence-electron chi connectivity index (χ3n) is 10.1. The molecule has 0 amide bonds. The average Bonchev–Trinajstić information content (AvgIpc) is 3.23. The summed E-state index contributed by atoms with van der Waals surface area (Å²) in [5.74, 6) is 1.17. The van der Waals surface area contributed by atoms with Gasteiger partial charge in [0.1, 0.15) is 0 Å². The summed E-state index contributed by atoms with van der Waals surface area (Å²) < 4.78 is 0. The Hall–Kier alpha value is -4.80. The molecule has 0 aliphatic heterocycles. The molecule has 0 spiro atoms. The van der Waals surface area contributed by atoms with Crippen molar-refractivity contribution in [3.8, 4) is 0 Å². The normalized spacial score (nSPS) is 10.3. The molecule has 0 heterocycles. The predicted molar refractivity (Wildman–Crippen MR) is 256 cm³/mol. The molecule has 0 bridgehead atoms. The van der Waals surface area contributed by atoms with Crippen molar-refractivity contribution in [2.24, 2.45) is 17.2 Å². The maximum absolute atomic E-state index is 5.94. The van der Waals surface area contributed by atoms with Crippen LogP contribution in [-0.2, 0) is 0 Å². The fraction of sp³-hybridized carbons (Fsp3) is 0.345. The van der Waals surface area contributed by atoms with Gasteiger partial charge in [-0.2, -0.15) is 0 Å². The van der Waals surface area contributed by atoms with Crippen LogP contribution in [-0.4, -0.2) is 19.6 Å². The van der Waals surface area contributed by atoms with Crippen LogP contribution in [0.5, 0.6) is 0 Å². The molecule has 0 aliphatic carbocycles. The molecule has 0 aliphatic rings. The lowest BCUT2D eigenvalue weighted by molar-refractivity contribution is 0.668. The summed E-state index contributed by atoms with van der Waals surface area (Å²) in [7, 11) is 0. The van der Waals surface area contributed by atoms with E-state index in [2.05, 4.69) is 187 Å². The Labute approximate surface area is 354 Å². The second kappa shape index (κ2) is 27.8. The minimum Gasteiger partial charge on any atom is -0.330 e. The van der Waals surface area contributed by atoms with Crippen molar-refractivity contribution in [2.75, 3.05) is 19.6 Å². The number of aryl methyl sites for hydroxylation is 6. The van der Waals surface area contributed by atoms with Crippen LogP contribution in [0, 0.1) is 41.5 Å². The van der Waals surface area contributed by atoms with E-state index in [0.717, 1.165) is 25.8 Å². The first-order valence-electron chi connectivity index (χ1n) is 21.6. The SMILES string of the molecule is CC.CC.Cc1cccc(C(CCCN)c2cccc(C)c2)c1.Cc1cccc(C(CCN)c2cccc(C)c2)c1.Cc1cccc(C(CN)c2cccc(C)c2)c1. The first-order valence-corrected chi connectivity index (χ1v) is 21.6. The lowest BCUT2D eigenvalue weighted by Gasteiger charge is -2.19. The molecule has 58 heavy (non-hydrogen) atoms. The number of rotatable bonds is 12. The van der Waals surface area contributed by atoms with Gasteiger partial charge >= 0.3 is 0 Å². The molecule has 6 aromatic rings. The average molecular weight is 778 g/mol. The van der Waals surface area contributed by atoms with Crippen molar-refractivity contribution in [3.05, 3.63) is 212 Å². The summed E-state index contributed by atoms with van der Waals surface area (Å²) in [6.07, 6.45) is 3.17. The third-order valence-corrected chi connectivity index (χ3v) is 10.1. The minimum absolute atomic E-state index is 0.301. The van der Waals surface area contributed by atoms with Gasteiger partial charge in [-0.25, -0.2) is 0 Å². The van der Waals surface area contributed by atoms with Crippen LogP contribution in [0.1, 0.15) is 131 Å². The Bertz CT molecular complexity index is 1870. The van der Waals surface area contributed by atoms with Crippen molar-refractivity contribution >= 4 is 0 Å². The van der Waals surface area contributed by atoms with E-state index in [1.54, 1.807) is 0 Å². The highest BCUT2D eigenvalue weighted by Gasteiger charge is 2.15.